The molecule has 8 heteroatoms. The van der Waals surface area contributed by atoms with Crippen LogP contribution in [0.1, 0.15) is 41.4 Å². The first kappa shape index (κ1) is 18.7. The van der Waals surface area contributed by atoms with E-state index >= 15 is 0 Å². The summed E-state index contributed by atoms with van der Waals surface area (Å²) in [6.07, 6.45) is 3.83. The van der Waals surface area contributed by atoms with Crippen LogP contribution >= 0.6 is 11.6 Å². The van der Waals surface area contributed by atoms with Crippen molar-refractivity contribution in [3.8, 4) is 0 Å². The summed E-state index contributed by atoms with van der Waals surface area (Å²) in [5.74, 6) is 0.400. The zero-order chi connectivity index (χ0) is 19.9. The SMILES string of the molecule is Cc1oc2ncnc(NC3(C)CC3)c2c1C(=O)NCCc1cc(Cl)ccc1F. The summed E-state index contributed by atoms with van der Waals surface area (Å²) in [7, 11) is 0. The average Bonchev–Trinajstić information content (AvgIpc) is 3.26. The van der Waals surface area contributed by atoms with E-state index in [-0.39, 0.29) is 23.8 Å². The van der Waals surface area contributed by atoms with Gasteiger partial charge in [0.2, 0.25) is 5.71 Å². The van der Waals surface area contributed by atoms with Crippen molar-refractivity contribution in [2.45, 2.75) is 38.6 Å². The molecular formula is C20H20ClFN4O2. The van der Waals surface area contributed by atoms with Gasteiger partial charge in [0, 0.05) is 17.1 Å². The number of hydrogen-bond donors (Lipinski definition) is 2. The van der Waals surface area contributed by atoms with Gasteiger partial charge in [-0.1, -0.05) is 11.6 Å². The van der Waals surface area contributed by atoms with Crippen molar-refractivity contribution >= 4 is 34.4 Å². The molecule has 0 saturated heterocycles. The normalized spacial score (nSPS) is 14.9. The summed E-state index contributed by atoms with van der Waals surface area (Å²) >= 11 is 5.91. The van der Waals surface area contributed by atoms with E-state index < -0.39 is 0 Å². The van der Waals surface area contributed by atoms with Crippen molar-refractivity contribution in [1.29, 1.82) is 0 Å². The molecule has 1 amide bonds. The maximum absolute atomic E-state index is 13.8. The number of benzene rings is 1. The predicted molar refractivity (Wildman–Crippen MR) is 105 cm³/mol. The van der Waals surface area contributed by atoms with Gasteiger partial charge >= 0.3 is 0 Å². The Morgan fingerprint density at radius 2 is 2.14 bits per heavy atom. The average molecular weight is 403 g/mol. The van der Waals surface area contributed by atoms with Gasteiger partial charge in [0.05, 0.1) is 10.9 Å². The van der Waals surface area contributed by atoms with Gasteiger partial charge in [-0.2, -0.15) is 0 Å². The van der Waals surface area contributed by atoms with Crippen LogP contribution in [-0.4, -0.2) is 28.0 Å². The Kier molecular flexibility index (Phi) is 4.71. The number of anilines is 1. The lowest BCUT2D eigenvalue weighted by molar-refractivity contribution is 0.0954. The minimum atomic E-state index is -0.346. The lowest BCUT2D eigenvalue weighted by Gasteiger charge is -2.13. The number of hydrogen-bond acceptors (Lipinski definition) is 5. The third-order valence-corrected chi connectivity index (χ3v) is 5.23. The van der Waals surface area contributed by atoms with Gasteiger partial charge in [0.25, 0.3) is 5.91 Å². The van der Waals surface area contributed by atoms with Gasteiger partial charge in [-0.3, -0.25) is 4.79 Å². The monoisotopic (exact) mass is 402 g/mol. The van der Waals surface area contributed by atoms with Crippen LogP contribution < -0.4 is 10.6 Å². The molecule has 6 nitrogen and oxygen atoms in total. The number of aryl methyl sites for hydroxylation is 1. The van der Waals surface area contributed by atoms with Crippen LogP contribution in [0.4, 0.5) is 10.2 Å². The summed E-state index contributed by atoms with van der Waals surface area (Å²) in [6, 6.07) is 4.38. The summed E-state index contributed by atoms with van der Waals surface area (Å²) in [4.78, 5) is 21.3. The number of carbonyl (C=O) groups is 1. The molecular weight excluding hydrogens is 383 g/mol. The van der Waals surface area contributed by atoms with E-state index in [9.17, 15) is 9.18 Å². The maximum Gasteiger partial charge on any atom is 0.255 e. The molecule has 146 valence electrons. The Bertz CT molecular complexity index is 1060. The van der Waals surface area contributed by atoms with Crippen LogP contribution in [0, 0.1) is 12.7 Å². The summed E-state index contributed by atoms with van der Waals surface area (Å²) in [5.41, 5.74) is 1.21. The largest absolute Gasteiger partial charge is 0.442 e. The molecule has 4 rings (SSSR count). The molecule has 0 spiro atoms. The number of nitrogens with one attached hydrogen (secondary N) is 2. The first-order chi connectivity index (χ1) is 13.4. The van der Waals surface area contributed by atoms with Gasteiger partial charge in [0.1, 0.15) is 23.7 Å². The molecule has 2 heterocycles. The first-order valence-corrected chi connectivity index (χ1v) is 9.48. The fraction of sp³-hybridized carbons (Fsp3) is 0.350. The number of nitrogens with zero attached hydrogens (tertiary/aromatic N) is 2. The predicted octanol–water partition coefficient (Wildman–Crippen LogP) is 4.26. The van der Waals surface area contributed by atoms with Crippen molar-refractivity contribution in [2.75, 3.05) is 11.9 Å². The fourth-order valence-electron chi connectivity index (χ4n) is 3.14. The topological polar surface area (TPSA) is 80.1 Å². The minimum Gasteiger partial charge on any atom is -0.442 e. The number of halogens is 2. The van der Waals surface area contributed by atoms with E-state index in [1.54, 1.807) is 13.0 Å². The standard InChI is InChI=1S/C20H20ClFN4O2/c1-11-15(18(27)23-8-5-12-9-13(21)3-4-14(12)22)16-17(26-20(2)6-7-20)24-10-25-19(16)28-11/h3-4,9-10H,5-8H2,1-2H3,(H,23,27)(H,24,25,26). The maximum atomic E-state index is 13.8. The number of carbonyl (C=O) groups excluding carboxylic acids is 1. The van der Waals surface area contributed by atoms with Gasteiger partial charge in [-0.05, 0) is 56.9 Å². The van der Waals surface area contributed by atoms with Crippen LogP contribution in [0.2, 0.25) is 5.02 Å². The highest BCUT2D eigenvalue weighted by Gasteiger charge is 2.38. The second-order valence-electron chi connectivity index (χ2n) is 7.36. The molecule has 0 radical (unpaired) electrons. The number of furan rings is 1. The van der Waals surface area contributed by atoms with Crippen LogP contribution in [0.15, 0.2) is 28.9 Å². The van der Waals surface area contributed by atoms with Gasteiger partial charge < -0.3 is 15.1 Å². The Morgan fingerprint density at radius 3 is 2.89 bits per heavy atom. The highest BCUT2D eigenvalue weighted by molar-refractivity contribution is 6.30. The highest BCUT2D eigenvalue weighted by Crippen LogP contribution is 2.40. The number of amides is 1. The van der Waals surface area contributed by atoms with Crippen LogP contribution in [0.3, 0.4) is 0 Å². The molecule has 3 aromatic rings. The Morgan fingerprint density at radius 1 is 1.36 bits per heavy atom. The van der Waals surface area contributed by atoms with Gasteiger partial charge in [-0.25, -0.2) is 14.4 Å². The molecule has 2 N–H and O–H groups in total. The molecule has 0 atom stereocenters. The van der Waals surface area contributed by atoms with E-state index in [4.69, 9.17) is 16.0 Å². The number of fused-ring (bicyclic) bond motifs is 1. The van der Waals surface area contributed by atoms with Crippen molar-refractivity contribution in [2.24, 2.45) is 0 Å². The first-order valence-electron chi connectivity index (χ1n) is 9.11. The van der Waals surface area contributed by atoms with Crippen molar-refractivity contribution in [3.05, 3.63) is 52.3 Å². The molecule has 1 fully saturated rings. The lowest BCUT2D eigenvalue weighted by atomic mass is 10.1. The Labute approximate surface area is 166 Å². The molecule has 2 aromatic heterocycles. The summed E-state index contributed by atoms with van der Waals surface area (Å²) in [5, 5.41) is 7.24. The van der Waals surface area contributed by atoms with Crippen LogP contribution in [0.25, 0.3) is 11.1 Å². The zero-order valence-corrected chi connectivity index (χ0v) is 16.4. The lowest BCUT2D eigenvalue weighted by Crippen LogP contribution is -2.26. The summed E-state index contributed by atoms with van der Waals surface area (Å²) < 4.78 is 19.5. The smallest absolute Gasteiger partial charge is 0.255 e. The molecule has 0 unspecified atom stereocenters. The number of rotatable bonds is 6. The highest BCUT2D eigenvalue weighted by atomic mass is 35.5. The van der Waals surface area contributed by atoms with Crippen molar-refractivity contribution < 1.29 is 13.6 Å². The molecule has 1 aromatic carbocycles. The number of aromatic nitrogens is 2. The van der Waals surface area contributed by atoms with Gasteiger partial charge in [0.15, 0.2) is 0 Å². The quantitative estimate of drug-likeness (QED) is 0.644. The van der Waals surface area contributed by atoms with Crippen molar-refractivity contribution in [3.63, 3.8) is 0 Å². The van der Waals surface area contributed by atoms with E-state index in [1.807, 2.05) is 0 Å². The third kappa shape index (κ3) is 3.67. The molecule has 0 aliphatic heterocycles. The fourth-order valence-corrected chi connectivity index (χ4v) is 3.34. The van der Waals surface area contributed by atoms with E-state index in [0.29, 0.717) is 45.2 Å². The van der Waals surface area contributed by atoms with Crippen LogP contribution in [-0.2, 0) is 6.42 Å². The molecule has 1 aliphatic rings. The molecule has 28 heavy (non-hydrogen) atoms. The minimum absolute atomic E-state index is 0.00961. The van der Waals surface area contributed by atoms with E-state index in [2.05, 4.69) is 27.5 Å². The third-order valence-electron chi connectivity index (χ3n) is 5.00. The Hall–Kier alpha value is -2.67. The second kappa shape index (κ2) is 7.05. The van der Waals surface area contributed by atoms with Crippen molar-refractivity contribution in [1.82, 2.24) is 15.3 Å². The van der Waals surface area contributed by atoms with E-state index in [1.165, 1.54) is 18.5 Å². The Balaban J connectivity index is 1.55. The zero-order valence-electron chi connectivity index (χ0n) is 15.6. The summed E-state index contributed by atoms with van der Waals surface area (Å²) in [6.45, 7) is 4.08. The second-order valence-corrected chi connectivity index (χ2v) is 7.80. The molecule has 0 bridgehead atoms. The van der Waals surface area contributed by atoms with Crippen LogP contribution in [0.5, 0.6) is 0 Å². The molecule has 1 aliphatic carbocycles. The molecule has 1 saturated carbocycles. The van der Waals surface area contributed by atoms with Gasteiger partial charge in [-0.15, -0.1) is 0 Å². The van der Waals surface area contributed by atoms with E-state index in [0.717, 1.165) is 12.8 Å².